The molecule has 1 saturated heterocycles. The third-order valence-electron chi connectivity index (χ3n) is 3.11. The van der Waals surface area contributed by atoms with Crippen molar-refractivity contribution in [2.24, 2.45) is 5.92 Å². The molecule has 6 heteroatoms. The molecule has 2 heterocycles. The molecular weight excluding hydrogens is 220 g/mol. The van der Waals surface area contributed by atoms with Crippen molar-refractivity contribution < 1.29 is 9.53 Å². The fraction of sp³-hybridized carbons (Fsp3) is 0.636. The highest BCUT2D eigenvalue weighted by Crippen LogP contribution is 2.20. The molecule has 0 spiro atoms. The number of H-pyrrole nitrogens is 1. The van der Waals surface area contributed by atoms with E-state index in [1.165, 1.54) is 6.20 Å². The summed E-state index contributed by atoms with van der Waals surface area (Å²) in [6.07, 6.45) is 3.60. The number of amides is 1. The number of ether oxygens (including phenoxy) is 1. The molecule has 1 atom stereocenters. The van der Waals surface area contributed by atoms with Crippen LogP contribution in [0.3, 0.4) is 0 Å². The van der Waals surface area contributed by atoms with Crippen LogP contribution in [-0.4, -0.2) is 47.8 Å². The maximum atomic E-state index is 12.2. The van der Waals surface area contributed by atoms with Gasteiger partial charge in [-0.05, 0) is 18.8 Å². The van der Waals surface area contributed by atoms with E-state index in [9.17, 15) is 4.79 Å². The first-order valence-corrected chi connectivity index (χ1v) is 5.79. The second-order valence-corrected chi connectivity index (χ2v) is 4.41. The molecule has 1 aliphatic rings. The topological polar surface area (TPSA) is 84.2 Å². The van der Waals surface area contributed by atoms with E-state index in [0.717, 1.165) is 25.9 Å². The number of nitrogen functional groups attached to an aromatic ring is 1. The van der Waals surface area contributed by atoms with Gasteiger partial charge in [-0.1, -0.05) is 0 Å². The van der Waals surface area contributed by atoms with Gasteiger partial charge in [0, 0.05) is 20.2 Å². The SMILES string of the molecule is COCC1CCCN(C(=O)c2cn[nH]c2N)C1. The van der Waals surface area contributed by atoms with Gasteiger partial charge in [0.2, 0.25) is 0 Å². The van der Waals surface area contributed by atoms with Gasteiger partial charge in [0.15, 0.2) is 0 Å². The predicted octanol–water partition coefficient (Wildman–Crippen LogP) is 0.491. The average Bonchev–Trinajstić information content (AvgIpc) is 2.75. The summed E-state index contributed by atoms with van der Waals surface area (Å²) in [6.45, 7) is 2.21. The fourth-order valence-electron chi connectivity index (χ4n) is 2.26. The van der Waals surface area contributed by atoms with Crippen LogP contribution in [0.5, 0.6) is 0 Å². The summed E-state index contributed by atoms with van der Waals surface area (Å²) in [6, 6.07) is 0. The summed E-state index contributed by atoms with van der Waals surface area (Å²) in [5, 5.41) is 6.35. The number of carbonyl (C=O) groups excluding carboxylic acids is 1. The van der Waals surface area contributed by atoms with Crippen molar-refractivity contribution in [2.45, 2.75) is 12.8 Å². The molecule has 94 valence electrons. The van der Waals surface area contributed by atoms with Crippen LogP contribution in [0.1, 0.15) is 23.2 Å². The van der Waals surface area contributed by atoms with E-state index < -0.39 is 0 Å². The monoisotopic (exact) mass is 238 g/mol. The molecular formula is C11H18N4O2. The molecule has 0 aromatic carbocycles. The lowest BCUT2D eigenvalue weighted by Crippen LogP contribution is -2.41. The van der Waals surface area contributed by atoms with E-state index in [4.69, 9.17) is 10.5 Å². The predicted molar refractivity (Wildman–Crippen MR) is 63.5 cm³/mol. The molecule has 1 fully saturated rings. The standard InChI is InChI=1S/C11H18N4O2/c1-17-7-8-3-2-4-15(6-8)11(16)9-5-13-14-10(9)12/h5,8H,2-4,6-7H2,1H3,(H3,12,13,14). The minimum atomic E-state index is -0.0444. The number of hydrogen-bond donors (Lipinski definition) is 2. The molecule has 17 heavy (non-hydrogen) atoms. The van der Waals surface area contributed by atoms with Crippen LogP contribution in [0.15, 0.2) is 6.20 Å². The van der Waals surface area contributed by atoms with Gasteiger partial charge in [0.05, 0.1) is 12.8 Å². The van der Waals surface area contributed by atoms with Crippen LogP contribution < -0.4 is 5.73 Å². The molecule has 3 N–H and O–H groups in total. The maximum absolute atomic E-state index is 12.2. The fourth-order valence-corrected chi connectivity index (χ4v) is 2.26. The largest absolute Gasteiger partial charge is 0.384 e. The Morgan fingerprint density at radius 3 is 3.24 bits per heavy atom. The summed E-state index contributed by atoms with van der Waals surface area (Å²) >= 11 is 0. The average molecular weight is 238 g/mol. The Kier molecular flexibility index (Phi) is 3.63. The molecule has 0 radical (unpaired) electrons. The summed E-state index contributed by atoms with van der Waals surface area (Å²) in [7, 11) is 1.69. The van der Waals surface area contributed by atoms with E-state index in [2.05, 4.69) is 10.2 Å². The van der Waals surface area contributed by atoms with Crippen molar-refractivity contribution in [1.82, 2.24) is 15.1 Å². The summed E-state index contributed by atoms with van der Waals surface area (Å²) in [5.41, 5.74) is 6.11. The molecule has 1 unspecified atom stereocenters. The van der Waals surface area contributed by atoms with Crippen molar-refractivity contribution in [3.8, 4) is 0 Å². The summed E-state index contributed by atoms with van der Waals surface area (Å²) in [5.74, 6) is 0.715. The Morgan fingerprint density at radius 2 is 2.59 bits per heavy atom. The molecule has 0 aliphatic carbocycles. The number of nitrogens with one attached hydrogen (secondary N) is 1. The molecule has 0 bridgehead atoms. The lowest BCUT2D eigenvalue weighted by molar-refractivity contribution is 0.0572. The van der Waals surface area contributed by atoms with Gasteiger partial charge in [-0.2, -0.15) is 5.10 Å². The summed E-state index contributed by atoms with van der Waals surface area (Å²) in [4.78, 5) is 14.0. The maximum Gasteiger partial charge on any atom is 0.259 e. The van der Waals surface area contributed by atoms with Gasteiger partial charge < -0.3 is 15.4 Å². The Bertz CT molecular complexity index is 389. The Labute approximate surface area is 100 Å². The van der Waals surface area contributed by atoms with Crippen LogP contribution in [0.4, 0.5) is 5.82 Å². The van der Waals surface area contributed by atoms with Crippen LogP contribution in [0, 0.1) is 5.92 Å². The van der Waals surface area contributed by atoms with Crippen molar-refractivity contribution in [1.29, 1.82) is 0 Å². The second kappa shape index (κ2) is 5.18. The summed E-state index contributed by atoms with van der Waals surface area (Å²) < 4.78 is 5.14. The van der Waals surface area contributed by atoms with Gasteiger partial charge in [-0.25, -0.2) is 0 Å². The minimum Gasteiger partial charge on any atom is -0.384 e. The Hall–Kier alpha value is -1.56. The number of aromatic amines is 1. The van der Waals surface area contributed by atoms with E-state index >= 15 is 0 Å². The van der Waals surface area contributed by atoms with Crippen LogP contribution in [-0.2, 0) is 4.74 Å². The number of nitrogens with two attached hydrogens (primary N) is 1. The molecule has 1 aromatic heterocycles. The number of rotatable bonds is 3. The highest BCUT2D eigenvalue weighted by Gasteiger charge is 2.26. The Balaban J connectivity index is 2.02. The van der Waals surface area contributed by atoms with Gasteiger partial charge in [-0.15, -0.1) is 0 Å². The Morgan fingerprint density at radius 1 is 1.76 bits per heavy atom. The highest BCUT2D eigenvalue weighted by atomic mass is 16.5. The van der Waals surface area contributed by atoms with Crippen molar-refractivity contribution in [2.75, 3.05) is 32.5 Å². The lowest BCUT2D eigenvalue weighted by atomic mass is 9.98. The van der Waals surface area contributed by atoms with Gasteiger partial charge in [0.25, 0.3) is 5.91 Å². The number of aromatic nitrogens is 2. The van der Waals surface area contributed by atoms with E-state index in [-0.39, 0.29) is 5.91 Å². The van der Waals surface area contributed by atoms with E-state index in [0.29, 0.717) is 23.9 Å². The molecule has 0 saturated carbocycles. The van der Waals surface area contributed by atoms with Gasteiger partial charge in [0.1, 0.15) is 11.4 Å². The molecule has 6 nitrogen and oxygen atoms in total. The van der Waals surface area contributed by atoms with Crippen molar-refractivity contribution in [3.63, 3.8) is 0 Å². The third-order valence-corrected chi connectivity index (χ3v) is 3.11. The number of methoxy groups -OCH3 is 1. The number of anilines is 1. The van der Waals surface area contributed by atoms with Gasteiger partial charge in [-0.3, -0.25) is 9.89 Å². The van der Waals surface area contributed by atoms with Crippen LogP contribution >= 0.6 is 0 Å². The van der Waals surface area contributed by atoms with Crippen LogP contribution in [0.2, 0.25) is 0 Å². The zero-order chi connectivity index (χ0) is 12.3. The zero-order valence-electron chi connectivity index (χ0n) is 9.98. The quantitative estimate of drug-likeness (QED) is 0.802. The normalized spacial score (nSPS) is 20.5. The molecule has 2 rings (SSSR count). The lowest BCUT2D eigenvalue weighted by Gasteiger charge is -2.32. The first-order chi connectivity index (χ1) is 8.22. The number of carbonyl (C=O) groups is 1. The van der Waals surface area contributed by atoms with Gasteiger partial charge >= 0.3 is 0 Å². The second-order valence-electron chi connectivity index (χ2n) is 4.41. The number of hydrogen-bond acceptors (Lipinski definition) is 4. The zero-order valence-corrected chi connectivity index (χ0v) is 9.98. The van der Waals surface area contributed by atoms with Crippen molar-refractivity contribution in [3.05, 3.63) is 11.8 Å². The number of nitrogens with zero attached hydrogens (tertiary/aromatic N) is 2. The number of likely N-dealkylation sites (tertiary alicyclic amines) is 1. The molecule has 1 amide bonds. The smallest absolute Gasteiger partial charge is 0.259 e. The van der Waals surface area contributed by atoms with Crippen LogP contribution in [0.25, 0.3) is 0 Å². The van der Waals surface area contributed by atoms with E-state index in [1.54, 1.807) is 7.11 Å². The third kappa shape index (κ3) is 2.58. The molecule has 1 aliphatic heterocycles. The van der Waals surface area contributed by atoms with Crippen molar-refractivity contribution >= 4 is 11.7 Å². The first-order valence-electron chi connectivity index (χ1n) is 5.79. The minimum absolute atomic E-state index is 0.0444. The molecule has 1 aromatic rings. The van der Waals surface area contributed by atoms with E-state index in [1.807, 2.05) is 4.90 Å². The first kappa shape index (κ1) is 11.9. The number of piperidine rings is 1. The highest BCUT2D eigenvalue weighted by molar-refractivity contribution is 5.98.